The van der Waals surface area contributed by atoms with Gasteiger partial charge in [0.2, 0.25) is 5.91 Å². The van der Waals surface area contributed by atoms with Gasteiger partial charge in [0.1, 0.15) is 5.82 Å². The van der Waals surface area contributed by atoms with E-state index in [4.69, 9.17) is 0 Å². The molecule has 0 saturated heterocycles. The van der Waals surface area contributed by atoms with Gasteiger partial charge in [-0.3, -0.25) is 4.79 Å². The number of rotatable bonds is 6. The third-order valence-electron chi connectivity index (χ3n) is 4.98. The number of carbonyl (C=O) groups is 1. The Balaban J connectivity index is 2.02. The average Bonchev–Trinajstić information content (AvgIpc) is 2.97. The molecule has 2 aromatic carbocycles. The van der Waals surface area contributed by atoms with Crippen molar-refractivity contribution in [2.75, 3.05) is 0 Å². The second-order valence-electron chi connectivity index (χ2n) is 6.90. The Morgan fingerprint density at radius 1 is 1.15 bits per heavy atom. The van der Waals surface area contributed by atoms with Gasteiger partial charge in [-0.25, -0.2) is 4.39 Å². The molecule has 0 fully saturated rings. The summed E-state index contributed by atoms with van der Waals surface area (Å²) in [5.74, 6) is -0.373. The molecule has 2 atom stereocenters. The summed E-state index contributed by atoms with van der Waals surface area (Å²) >= 11 is 0. The summed E-state index contributed by atoms with van der Waals surface area (Å²) in [5.41, 5.74) is 3.16. The number of halogens is 1. The van der Waals surface area contributed by atoms with Crippen molar-refractivity contribution in [3.8, 4) is 0 Å². The molecule has 1 heterocycles. The van der Waals surface area contributed by atoms with Crippen molar-refractivity contribution in [1.82, 2.24) is 9.88 Å². The molecule has 3 nitrogen and oxygen atoms in total. The quantitative estimate of drug-likeness (QED) is 0.682. The van der Waals surface area contributed by atoms with E-state index in [2.05, 4.69) is 28.2 Å². The molecule has 3 rings (SSSR count). The van der Waals surface area contributed by atoms with Gasteiger partial charge in [-0.05, 0) is 42.7 Å². The van der Waals surface area contributed by atoms with Crippen LogP contribution in [-0.4, -0.2) is 16.5 Å². The number of hydrogen-bond acceptors (Lipinski definition) is 1. The third-order valence-corrected chi connectivity index (χ3v) is 4.98. The number of aryl methyl sites for hydroxylation is 1. The molecule has 0 radical (unpaired) electrons. The van der Waals surface area contributed by atoms with Crippen LogP contribution in [-0.2, 0) is 11.8 Å². The van der Waals surface area contributed by atoms with E-state index in [-0.39, 0.29) is 23.7 Å². The summed E-state index contributed by atoms with van der Waals surface area (Å²) in [6.07, 6.45) is 3.31. The van der Waals surface area contributed by atoms with Gasteiger partial charge in [-0.2, -0.15) is 0 Å². The van der Waals surface area contributed by atoms with E-state index in [1.165, 1.54) is 12.1 Å². The number of nitrogens with one attached hydrogen (secondary N) is 1. The lowest BCUT2D eigenvalue weighted by atomic mass is 9.88. The summed E-state index contributed by atoms with van der Waals surface area (Å²) in [4.78, 5) is 12.6. The molecular weight excluding hydrogens is 327 g/mol. The molecule has 0 bridgehead atoms. The van der Waals surface area contributed by atoms with E-state index in [1.807, 2.05) is 33.0 Å². The molecule has 0 aliphatic rings. The molecule has 136 valence electrons. The van der Waals surface area contributed by atoms with E-state index < -0.39 is 0 Å². The summed E-state index contributed by atoms with van der Waals surface area (Å²) in [5, 5.41) is 4.17. The zero-order chi connectivity index (χ0) is 18.7. The zero-order valence-corrected chi connectivity index (χ0v) is 15.5. The van der Waals surface area contributed by atoms with E-state index >= 15 is 0 Å². The van der Waals surface area contributed by atoms with Gasteiger partial charge in [0.15, 0.2) is 0 Å². The third kappa shape index (κ3) is 3.79. The normalized spacial score (nSPS) is 13.5. The van der Waals surface area contributed by atoms with Gasteiger partial charge in [0.25, 0.3) is 0 Å². The zero-order valence-electron chi connectivity index (χ0n) is 15.5. The highest BCUT2D eigenvalue weighted by atomic mass is 19.1. The smallest absolute Gasteiger partial charge is 0.221 e. The second-order valence-corrected chi connectivity index (χ2v) is 6.90. The van der Waals surface area contributed by atoms with Gasteiger partial charge in [0.05, 0.1) is 0 Å². The van der Waals surface area contributed by atoms with E-state index in [1.54, 1.807) is 12.1 Å². The maximum Gasteiger partial charge on any atom is 0.221 e. The Kier molecular flexibility index (Phi) is 5.40. The van der Waals surface area contributed by atoms with Crippen LogP contribution in [0.25, 0.3) is 10.9 Å². The number of amides is 1. The van der Waals surface area contributed by atoms with Crippen molar-refractivity contribution in [2.24, 2.45) is 7.05 Å². The molecule has 3 aromatic rings. The molecule has 1 N–H and O–H groups in total. The lowest BCUT2D eigenvalue weighted by molar-refractivity contribution is -0.121. The Bertz CT molecular complexity index is 898. The fourth-order valence-electron chi connectivity index (χ4n) is 3.37. The number of fused-ring (bicyclic) bond motifs is 1. The van der Waals surface area contributed by atoms with Crippen LogP contribution >= 0.6 is 0 Å². The van der Waals surface area contributed by atoms with Crippen LogP contribution in [0.2, 0.25) is 0 Å². The van der Waals surface area contributed by atoms with Crippen molar-refractivity contribution in [3.05, 3.63) is 71.7 Å². The van der Waals surface area contributed by atoms with E-state index in [0.29, 0.717) is 6.42 Å². The number of carbonyl (C=O) groups excluding carboxylic acids is 1. The number of para-hydroxylation sites is 1. The SMILES string of the molecule is CCC(C)NC(=O)CC(c1ccc(F)cc1)c1cn(C)c2ccccc12. The van der Waals surface area contributed by atoms with Crippen molar-refractivity contribution in [1.29, 1.82) is 0 Å². The molecule has 1 amide bonds. The fourth-order valence-corrected chi connectivity index (χ4v) is 3.37. The molecule has 0 aliphatic heterocycles. The van der Waals surface area contributed by atoms with Crippen LogP contribution in [0.3, 0.4) is 0 Å². The van der Waals surface area contributed by atoms with Crippen molar-refractivity contribution in [2.45, 2.75) is 38.6 Å². The first-order chi connectivity index (χ1) is 12.5. The Morgan fingerprint density at radius 2 is 1.85 bits per heavy atom. The second kappa shape index (κ2) is 7.73. The van der Waals surface area contributed by atoms with Crippen molar-refractivity contribution in [3.63, 3.8) is 0 Å². The van der Waals surface area contributed by atoms with Crippen LogP contribution in [0.4, 0.5) is 4.39 Å². The van der Waals surface area contributed by atoms with Gasteiger partial charge in [0, 0.05) is 42.5 Å². The number of aromatic nitrogens is 1. The standard InChI is InChI=1S/C22H25FN2O/c1-4-15(2)24-22(26)13-19(16-9-11-17(23)12-10-16)20-14-25(3)21-8-6-5-7-18(20)21/h5-12,14-15,19H,4,13H2,1-3H3,(H,24,26). The highest BCUT2D eigenvalue weighted by Gasteiger charge is 2.22. The molecule has 4 heteroatoms. The average molecular weight is 352 g/mol. The molecule has 0 spiro atoms. The lowest BCUT2D eigenvalue weighted by Crippen LogP contribution is -2.33. The van der Waals surface area contributed by atoms with Gasteiger partial charge < -0.3 is 9.88 Å². The minimum Gasteiger partial charge on any atom is -0.354 e. The minimum absolute atomic E-state index is 0.0154. The Hall–Kier alpha value is -2.62. The van der Waals surface area contributed by atoms with Crippen LogP contribution in [0, 0.1) is 5.82 Å². The van der Waals surface area contributed by atoms with Crippen LogP contribution in [0.15, 0.2) is 54.7 Å². The number of nitrogens with zero attached hydrogens (tertiary/aromatic N) is 1. The Labute approximate surface area is 153 Å². The number of hydrogen-bond donors (Lipinski definition) is 1. The first-order valence-electron chi connectivity index (χ1n) is 9.08. The fraction of sp³-hybridized carbons (Fsp3) is 0.318. The van der Waals surface area contributed by atoms with Crippen LogP contribution < -0.4 is 5.32 Å². The maximum atomic E-state index is 13.4. The molecule has 0 aliphatic carbocycles. The summed E-state index contributed by atoms with van der Waals surface area (Å²) in [7, 11) is 2.01. The lowest BCUT2D eigenvalue weighted by Gasteiger charge is -2.19. The first-order valence-corrected chi connectivity index (χ1v) is 9.08. The monoisotopic (exact) mass is 352 g/mol. The molecule has 26 heavy (non-hydrogen) atoms. The van der Waals surface area contributed by atoms with Crippen LogP contribution in [0.5, 0.6) is 0 Å². The van der Waals surface area contributed by atoms with Crippen LogP contribution in [0.1, 0.15) is 43.7 Å². The van der Waals surface area contributed by atoms with E-state index in [9.17, 15) is 9.18 Å². The predicted molar refractivity (Wildman–Crippen MR) is 104 cm³/mol. The maximum absolute atomic E-state index is 13.4. The van der Waals surface area contributed by atoms with Crippen molar-refractivity contribution < 1.29 is 9.18 Å². The molecule has 2 unspecified atom stereocenters. The highest BCUT2D eigenvalue weighted by Crippen LogP contribution is 2.34. The summed E-state index contributed by atoms with van der Waals surface area (Å²) in [6, 6.07) is 14.8. The predicted octanol–water partition coefficient (Wildman–Crippen LogP) is 4.75. The first kappa shape index (κ1) is 18.2. The summed E-state index contributed by atoms with van der Waals surface area (Å²) in [6.45, 7) is 4.05. The Morgan fingerprint density at radius 3 is 2.54 bits per heavy atom. The summed E-state index contributed by atoms with van der Waals surface area (Å²) < 4.78 is 15.5. The van der Waals surface area contributed by atoms with Crippen molar-refractivity contribution >= 4 is 16.8 Å². The number of benzene rings is 2. The van der Waals surface area contributed by atoms with Gasteiger partial charge in [-0.15, -0.1) is 0 Å². The largest absolute Gasteiger partial charge is 0.354 e. The van der Waals surface area contributed by atoms with Gasteiger partial charge >= 0.3 is 0 Å². The minimum atomic E-state index is -0.269. The molecule has 1 aromatic heterocycles. The molecular formula is C22H25FN2O. The molecule has 0 saturated carbocycles. The van der Waals surface area contributed by atoms with E-state index in [0.717, 1.165) is 28.5 Å². The highest BCUT2D eigenvalue weighted by molar-refractivity contribution is 5.86. The topological polar surface area (TPSA) is 34.0 Å². The van der Waals surface area contributed by atoms with Gasteiger partial charge in [-0.1, -0.05) is 37.3 Å².